The number of nitrogens with zero attached hydrogens (tertiary/aromatic N) is 3. The van der Waals surface area contributed by atoms with E-state index in [0.717, 1.165) is 51.3 Å². The molecule has 8 heteroatoms. The van der Waals surface area contributed by atoms with Crippen LogP contribution in [0.15, 0.2) is 10.6 Å². The third-order valence-electron chi connectivity index (χ3n) is 6.16. The molecule has 2 fully saturated rings. The van der Waals surface area contributed by atoms with Crippen LogP contribution in [0.2, 0.25) is 0 Å². The van der Waals surface area contributed by atoms with Gasteiger partial charge in [-0.05, 0) is 57.8 Å². The van der Waals surface area contributed by atoms with Crippen LogP contribution in [0.1, 0.15) is 65.6 Å². The number of aromatic nitrogens is 1. The minimum absolute atomic E-state index is 0.0710. The first kappa shape index (κ1) is 23.4. The van der Waals surface area contributed by atoms with E-state index in [1.165, 1.54) is 7.11 Å². The molecule has 1 amide bonds. The van der Waals surface area contributed by atoms with Crippen molar-refractivity contribution in [3.63, 3.8) is 0 Å². The molecule has 2 aliphatic heterocycles. The van der Waals surface area contributed by atoms with Crippen LogP contribution in [-0.2, 0) is 14.3 Å². The van der Waals surface area contributed by atoms with Gasteiger partial charge in [0.05, 0.1) is 7.11 Å². The molecule has 0 spiro atoms. The summed E-state index contributed by atoms with van der Waals surface area (Å²) in [5.41, 5.74) is -0.442. The minimum Gasteiger partial charge on any atom is -0.468 e. The van der Waals surface area contributed by atoms with Gasteiger partial charge in [0.1, 0.15) is 11.5 Å². The molecule has 1 aromatic heterocycles. The number of carbonyl (C=O) groups excluding carboxylic acids is 2. The van der Waals surface area contributed by atoms with E-state index in [1.807, 2.05) is 40.7 Å². The summed E-state index contributed by atoms with van der Waals surface area (Å²) in [5, 5.41) is 4.22. The Bertz CT molecular complexity index is 756. The Morgan fingerprint density at radius 2 is 1.84 bits per heavy atom. The fraction of sp³-hybridized carbons (Fsp3) is 0.783. The Balaban J connectivity index is 1.44. The number of hydrogen-bond acceptors (Lipinski definition) is 7. The summed E-state index contributed by atoms with van der Waals surface area (Å²) < 4.78 is 15.9. The molecule has 0 radical (unpaired) electrons. The lowest BCUT2D eigenvalue weighted by Crippen LogP contribution is -2.52. The van der Waals surface area contributed by atoms with Crippen LogP contribution >= 0.6 is 0 Å². The Morgan fingerprint density at radius 1 is 1.19 bits per heavy atom. The predicted molar refractivity (Wildman–Crippen MR) is 117 cm³/mol. The molecule has 2 aliphatic rings. The van der Waals surface area contributed by atoms with E-state index in [-0.39, 0.29) is 18.0 Å². The number of hydrogen-bond donors (Lipinski definition) is 0. The van der Waals surface area contributed by atoms with E-state index < -0.39 is 11.5 Å². The van der Waals surface area contributed by atoms with Crippen LogP contribution in [0.3, 0.4) is 0 Å². The number of likely N-dealkylation sites (tertiary alicyclic amines) is 1. The van der Waals surface area contributed by atoms with E-state index in [0.29, 0.717) is 17.6 Å². The van der Waals surface area contributed by atoms with Gasteiger partial charge in [0.25, 0.3) is 0 Å². The fourth-order valence-corrected chi connectivity index (χ4v) is 4.48. The van der Waals surface area contributed by atoms with Crippen LogP contribution in [-0.4, -0.2) is 61.0 Å². The topological polar surface area (TPSA) is 85.1 Å². The summed E-state index contributed by atoms with van der Waals surface area (Å²) in [6, 6.07) is 1.88. The van der Waals surface area contributed by atoms with Gasteiger partial charge >= 0.3 is 12.1 Å². The van der Waals surface area contributed by atoms with Gasteiger partial charge in [-0.3, -0.25) is 4.79 Å². The monoisotopic (exact) mass is 435 g/mol. The molecule has 0 aliphatic carbocycles. The van der Waals surface area contributed by atoms with Crippen LogP contribution in [0.25, 0.3) is 0 Å². The first-order valence-corrected chi connectivity index (χ1v) is 11.3. The second-order valence-corrected chi connectivity index (χ2v) is 10.2. The Kier molecular flexibility index (Phi) is 7.17. The molecule has 1 atom stereocenters. The van der Waals surface area contributed by atoms with E-state index in [4.69, 9.17) is 14.0 Å². The number of methoxy groups -OCH3 is 1. The number of carbonyl (C=O) groups is 2. The summed E-state index contributed by atoms with van der Waals surface area (Å²) in [7, 11) is 1.40. The zero-order valence-corrected chi connectivity index (χ0v) is 19.7. The highest BCUT2D eigenvalue weighted by Gasteiger charge is 2.36. The van der Waals surface area contributed by atoms with Crippen molar-refractivity contribution >= 4 is 17.9 Å². The normalized spacial score (nSPS) is 19.3. The molecule has 0 aromatic carbocycles. The van der Waals surface area contributed by atoms with Crippen molar-refractivity contribution in [1.82, 2.24) is 10.1 Å². The Hall–Kier alpha value is -2.25. The number of amides is 1. The number of ether oxygens (including phenoxy) is 2. The zero-order valence-electron chi connectivity index (χ0n) is 19.7. The van der Waals surface area contributed by atoms with Crippen molar-refractivity contribution in [3.8, 4) is 0 Å². The molecule has 0 bridgehead atoms. The molecular formula is C23H37N3O5. The summed E-state index contributed by atoms with van der Waals surface area (Å²) in [4.78, 5) is 28.2. The molecule has 0 saturated carbocycles. The molecule has 8 nitrogen and oxygen atoms in total. The van der Waals surface area contributed by atoms with E-state index in [1.54, 1.807) is 4.90 Å². The van der Waals surface area contributed by atoms with Crippen LogP contribution < -0.4 is 4.90 Å². The highest BCUT2D eigenvalue weighted by molar-refractivity contribution is 5.77. The quantitative estimate of drug-likeness (QED) is 0.623. The van der Waals surface area contributed by atoms with E-state index >= 15 is 0 Å². The first-order chi connectivity index (χ1) is 14.6. The fourth-order valence-electron chi connectivity index (χ4n) is 4.48. The number of piperidine rings is 1. The van der Waals surface area contributed by atoms with Gasteiger partial charge in [0, 0.05) is 32.2 Å². The molecule has 0 N–H and O–H groups in total. The predicted octanol–water partition coefficient (Wildman–Crippen LogP) is 4.06. The maximum Gasteiger partial charge on any atom is 0.410 e. The summed E-state index contributed by atoms with van der Waals surface area (Å²) in [6.45, 7) is 13.1. The highest BCUT2D eigenvalue weighted by atomic mass is 16.6. The number of rotatable bonds is 6. The average Bonchev–Trinajstić information content (AvgIpc) is 3.12. The lowest BCUT2D eigenvalue weighted by Gasteiger charge is -2.42. The van der Waals surface area contributed by atoms with Crippen LogP contribution in [0.5, 0.6) is 0 Å². The van der Waals surface area contributed by atoms with Crippen LogP contribution in [0.4, 0.5) is 10.6 Å². The molecule has 3 heterocycles. The van der Waals surface area contributed by atoms with Crippen molar-refractivity contribution in [1.29, 1.82) is 0 Å². The molecule has 1 aromatic rings. The van der Waals surface area contributed by atoms with Gasteiger partial charge in [0.2, 0.25) is 0 Å². The zero-order chi connectivity index (χ0) is 22.8. The van der Waals surface area contributed by atoms with Crippen molar-refractivity contribution in [2.24, 2.45) is 17.8 Å². The Morgan fingerprint density at radius 3 is 2.39 bits per heavy atom. The van der Waals surface area contributed by atoms with Gasteiger partial charge in [-0.2, -0.15) is 0 Å². The summed E-state index contributed by atoms with van der Waals surface area (Å²) in [6.07, 6.45) is 3.13. The molecule has 2 saturated heterocycles. The van der Waals surface area contributed by atoms with Gasteiger partial charge < -0.3 is 23.8 Å². The lowest BCUT2D eigenvalue weighted by molar-refractivity contribution is -0.144. The number of anilines is 1. The standard InChI is InChI=1S/C23H37N3O5/c1-15(2)20(21(27)29-6)18-12-19(24-31-18)25-9-7-16(8-10-25)11-17-13-26(14-17)22(28)30-23(3,4)5/h12,15-17,20H,7-11,13-14H2,1-6H3. The summed E-state index contributed by atoms with van der Waals surface area (Å²) >= 11 is 0. The lowest BCUT2D eigenvalue weighted by atomic mass is 9.84. The smallest absolute Gasteiger partial charge is 0.410 e. The molecule has 31 heavy (non-hydrogen) atoms. The van der Waals surface area contributed by atoms with Crippen molar-refractivity contribution in [2.45, 2.75) is 65.4 Å². The van der Waals surface area contributed by atoms with E-state index in [9.17, 15) is 9.59 Å². The molecule has 174 valence electrons. The highest BCUT2D eigenvalue weighted by Crippen LogP contribution is 2.33. The van der Waals surface area contributed by atoms with Gasteiger partial charge in [-0.1, -0.05) is 19.0 Å². The van der Waals surface area contributed by atoms with Gasteiger partial charge in [-0.15, -0.1) is 0 Å². The van der Waals surface area contributed by atoms with Crippen molar-refractivity contribution in [3.05, 3.63) is 11.8 Å². The third kappa shape index (κ3) is 5.92. The van der Waals surface area contributed by atoms with E-state index in [2.05, 4.69) is 10.1 Å². The van der Waals surface area contributed by atoms with Gasteiger partial charge in [-0.25, -0.2) is 4.79 Å². The maximum atomic E-state index is 12.1. The maximum absolute atomic E-state index is 12.1. The average molecular weight is 436 g/mol. The molecule has 3 rings (SSSR count). The largest absolute Gasteiger partial charge is 0.468 e. The number of esters is 1. The molecular weight excluding hydrogens is 398 g/mol. The van der Waals surface area contributed by atoms with Crippen LogP contribution in [0, 0.1) is 17.8 Å². The second kappa shape index (κ2) is 9.49. The second-order valence-electron chi connectivity index (χ2n) is 10.2. The molecule has 1 unspecified atom stereocenters. The Labute approximate surface area is 185 Å². The SMILES string of the molecule is COC(=O)C(c1cc(N2CCC(CC3CN(C(=O)OC(C)(C)C)C3)CC2)no1)C(C)C. The van der Waals surface area contributed by atoms with Gasteiger partial charge in [0.15, 0.2) is 11.6 Å². The first-order valence-electron chi connectivity index (χ1n) is 11.3. The summed E-state index contributed by atoms with van der Waals surface area (Å²) in [5.74, 6) is 1.93. The minimum atomic E-state index is -0.442. The van der Waals surface area contributed by atoms with Crippen molar-refractivity contribution < 1.29 is 23.6 Å². The van der Waals surface area contributed by atoms with Crippen molar-refractivity contribution in [2.75, 3.05) is 38.2 Å². The third-order valence-corrected chi connectivity index (χ3v) is 6.16.